The average Bonchev–Trinajstić information content (AvgIpc) is 2.62. The van der Waals surface area contributed by atoms with E-state index in [2.05, 4.69) is 20.9 Å². The van der Waals surface area contributed by atoms with E-state index >= 15 is 0 Å². The number of ether oxygens (including phenoxy) is 1. The van der Waals surface area contributed by atoms with Gasteiger partial charge in [0, 0.05) is 37.9 Å². The van der Waals surface area contributed by atoms with Gasteiger partial charge < -0.3 is 20.3 Å². The van der Waals surface area contributed by atoms with Crippen LogP contribution in [0.5, 0.6) is 5.75 Å². The Morgan fingerprint density at radius 1 is 1.09 bits per heavy atom. The number of nitrogens with two attached hydrogens (primary N) is 1. The minimum atomic E-state index is -0.498. The number of carbonyl (C=O) groups is 1. The largest absolute Gasteiger partial charge is 0.497 e. The van der Waals surface area contributed by atoms with E-state index in [0.29, 0.717) is 5.69 Å². The molecule has 120 valence electrons. The summed E-state index contributed by atoms with van der Waals surface area (Å²) in [5, 5.41) is 0. The van der Waals surface area contributed by atoms with E-state index in [9.17, 15) is 4.79 Å². The van der Waals surface area contributed by atoms with E-state index in [4.69, 9.17) is 10.5 Å². The number of amides is 1. The number of anilines is 2. The molecule has 6 heteroatoms. The topological polar surface area (TPSA) is 71.7 Å². The van der Waals surface area contributed by atoms with Crippen LogP contribution in [0, 0.1) is 0 Å². The van der Waals surface area contributed by atoms with Crippen LogP contribution in [-0.4, -0.2) is 44.2 Å². The van der Waals surface area contributed by atoms with Crippen LogP contribution in [0.25, 0.3) is 0 Å². The number of aromatic nitrogens is 1. The highest BCUT2D eigenvalue weighted by atomic mass is 16.5. The van der Waals surface area contributed by atoms with E-state index in [-0.39, 0.29) is 0 Å². The Kier molecular flexibility index (Phi) is 4.32. The molecule has 0 spiro atoms. The van der Waals surface area contributed by atoms with Crippen molar-refractivity contribution in [1.82, 2.24) is 4.98 Å². The molecular formula is C17H20N4O2. The summed E-state index contributed by atoms with van der Waals surface area (Å²) in [6.45, 7) is 3.45. The molecule has 23 heavy (non-hydrogen) atoms. The van der Waals surface area contributed by atoms with Gasteiger partial charge in [-0.1, -0.05) is 12.1 Å². The molecule has 6 nitrogen and oxygen atoms in total. The van der Waals surface area contributed by atoms with Crippen molar-refractivity contribution in [1.29, 1.82) is 0 Å². The molecule has 1 aromatic heterocycles. The Hall–Kier alpha value is -2.76. The van der Waals surface area contributed by atoms with E-state index in [1.54, 1.807) is 13.2 Å². The summed E-state index contributed by atoms with van der Waals surface area (Å²) in [5.74, 6) is 1.16. The number of pyridine rings is 1. The molecule has 2 aromatic rings. The number of piperazine rings is 1. The van der Waals surface area contributed by atoms with Crippen LogP contribution < -0.4 is 20.3 Å². The number of hydrogen-bond donors (Lipinski definition) is 1. The highest BCUT2D eigenvalue weighted by Crippen LogP contribution is 2.23. The summed E-state index contributed by atoms with van der Waals surface area (Å²) in [6.07, 6.45) is 0. The van der Waals surface area contributed by atoms with Crippen LogP contribution in [0.2, 0.25) is 0 Å². The fourth-order valence-electron chi connectivity index (χ4n) is 2.74. The molecule has 1 saturated heterocycles. The molecule has 0 unspecified atom stereocenters. The summed E-state index contributed by atoms with van der Waals surface area (Å²) < 4.78 is 5.28. The second-order valence-corrected chi connectivity index (χ2v) is 5.42. The Labute approximate surface area is 135 Å². The smallest absolute Gasteiger partial charge is 0.267 e. The van der Waals surface area contributed by atoms with Gasteiger partial charge in [-0.2, -0.15) is 0 Å². The van der Waals surface area contributed by atoms with Crippen LogP contribution in [0.4, 0.5) is 11.5 Å². The molecule has 0 aliphatic carbocycles. The van der Waals surface area contributed by atoms with Gasteiger partial charge in [-0.05, 0) is 24.3 Å². The zero-order valence-corrected chi connectivity index (χ0v) is 13.1. The third-order valence-corrected chi connectivity index (χ3v) is 4.01. The number of benzene rings is 1. The molecule has 1 amide bonds. The molecule has 1 aliphatic rings. The maximum Gasteiger partial charge on any atom is 0.267 e. The third kappa shape index (κ3) is 3.36. The molecule has 0 bridgehead atoms. The normalized spacial score (nSPS) is 14.7. The number of primary amides is 1. The van der Waals surface area contributed by atoms with Gasteiger partial charge >= 0.3 is 0 Å². The Bertz CT molecular complexity index is 696. The van der Waals surface area contributed by atoms with Crippen molar-refractivity contribution in [3.05, 3.63) is 48.2 Å². The second-order valence-electron chi connectivity index (χ2n) is 5.42. The first-order valence-corrected chi connectivity index (χ1v) is 7.58. The van der Waals surface area contributed by atoms with E-state index in [1.165, 1.54) is 0 Å². The molecule has 3 rings (SSSR count). The minimum absolute atomic E-state index is 0.303. The molecule has 0 radical (unpaired) electrons. The van der Waals surface area contributed by atoms with Gasteiger partial charge in [-0.15, -0.1) is 0 Å². The second kappa shape index (κ2) is 6.56. The van der Waals surface area contributed by atoms with E-state index < -0.39 is 5.91 Å². The molecule has 2 heterocycles. The number of carbonyl (C=O) groups excluding carboxylic acids is 1. The summed E-state index contributed by atoms with van der Waals surface area (Å²) in [4.78, 5) is 20.1. The highest BCUT2D eigenvalue weighted by Gasteiger charge is 2.19. The van der Waals surface area contributed by atoms with Crippen molar-refractivity contribution < 1.29 is 9.53 Å². The lowest BCUT2D eigenvalue weighted by molar-refractivity contribution is 0.0995. The van der Waals surface area contributed by atoms with E-state index in [0.717, 1.165) is 43.4 Å². The molecule has 0 atom stereocenters. The van der Waals surface area contributed by atoms with Crippen LogP contribution in [-0.2, 0) is 0 Å². The molecule has 1 aromatic carbocycles. The molecule has 2 N–H and O–H groups in total. The first-order valence-electron chi connectivity index (χ1n) is 7.58. The van der Waals surface area contributed by atoms with Crippen LogP contribution in [0.1, 0.15) is 10.5 Å². The monoisotopic (exact) mass is 312 g/mol. The van der Waals surface area contributed by atoms with Crippen molar-refractivity contribution in [3.63, 3.8) is 0 Å². The number of methoxy groups -OCH3 is 1. The standard InChI is InChI=1S/C17H20N4O2/c1-23-14-5-2-4-13(12-14)20-8-10-21(11-9-20)16-7-3-6-15(19-16)17(18)22/h2-7,12H,8-11H2,1H3,(H2,18,22). The van der Waals surface area contributed by atoms with Crippen LogP contribution in [0.3, 0.4) is 0 Å². The number of hydrogen-bond acceptors (Lipinski definition) is 5. The predicted molar refractivity (Wildman–Crippen MR) is 90.2 cm³/mol. The molecule has 1 aliphatic heterocycles. The zero-order chi connectivity index (χ0) is 16.2. The van der Waals surface area contributed by atoms with Crippen molar-refractivity contribution in [2.45, 2.75) is 0 Å². The first kappa shape index (κ1) is 15.1. The predicted octanol–water partition coefficient (Wildman–Crippen LogP) is 1.52. The van der Waals surface area contributed by atoms with Gasteiger partial charge in [0.05, 0.1) is 7.11 Å². The quantitative estimate of drug-likeness (QED) is 0.926. The van der Waals surface area contributed by atoms with Crippen LogP contribution in [0.15, 0.2) is 42.5 Å². The summed E-state index contributed by atoms with van der Waals surface area (Å²) in [7, 11) is 1.68. The zero-order valence-electron chi connectivity index (χ0n) is 13.1. The van der Waals surface area contributed by atoms with Gasteiger partial charge in [0.15, 0.2) is 0 Å². The van der Waals surface area contributed by atoms with Crippen molar-refractivity contribution in [3.8, 4) is 5.75 Å². The van der Waals surface area contributed by atoms with Crippen molar-refractivity contribution >= 4 is 17.4 Å². The van der Waals surface area contributed by atoms with Gasteiger partial charge in [-0.25, -0.2) is 4.98 Å². The van der Waals surface area contributed by atoms with Gasteiger partial charge in [-0.3, -0.25) is 4.79 Å². The van der Waals surface area contributed by atoms with Crippen molar-refractivity contribution in [2.75, 3.05) is 43.1 Å². The lowest BCUT2D eigenvalue weighted by Gasteiger charge is -2.36. The van der Waals surface area contributed by atoms with Crippen molar-refractivity contribution in [2.24, 2.45) is 5.73 Å². The van der Waals surface area contributed by atoms with Gasteiger partial charge in [0.2, 0.25) is 0 Å². The Morgan fingerprint density at radius 2 is 1.78 bits per heavy atom. The lowest BCUT2D eigenvalue weighted by Crippen LogP contribution is -2.47. The first-order chi connectivity index (χ1) is 11.2. The fraction of sp³-hybridized carbons (Fsp3) is 0.294. The van der Waals surface area contributed by atoms with Gasteiger partial charge in [0.25, 0.3) is 5.91 Å². The fourth-order valence-corrected chi connectivity index (χ4v) is 2.74. The maximum absolute atomic E-state index is 11.3. The number of nitrogens with zero attached hydrogens (tertiary/aromatic N) is 3. The Balaban J connectivity index is 1.68. The number of rotatable bonds is 4. The summed E-state index contributed by atoms with van der Waals surface area (Å²) in [5.41, 5.74) is 6.76. The van der Waals surface area contributed by atoms with Crippen LogP contribution >= 0.6 is 0 Å². The molecule has 1 fully saturated rings. The maximum atomic E-state index is 11.3. The minimum Gasteiger partial charge on any atom is -0.497 e. The lowest BCUT2D eigenvalue weighted by atomic mass is 10.2. The Morgan fingerprint density at radius 3 is 2.48 bits per heavy atom. The summed E-state index contributed by atoms with van der Waals surface area (Å²) in [6, 6.07) is 13.4. The highest BCUT2D eigenvalue weighted by molar-refractivity contribution is 5.91. The van der Waals surface area contributed by atoms with E-state index in [1.807, 2.05) is 30.3 Å². The molecular weight excluding hydrogens is 292 g/mol. The van der Waals surface area contributed by atoms with Gasteiger partial charge in [0.1, 0.15) is 17.3 Å². The average molecular weight is 312 g/mol. The SMILES string of the molecule is COc1cccc(N2CCN(c3cccc(C(N)=O)n3)CC2)c1. The third-order valence-electron chi connectivity index (χ3n) is 4.01. The molecule has 0 saturated carbocycles. The summed E-state index contributed by atoms with van der Waals surface area (Å²) >= 11 is 0.